The number of nitrogens with one attached hydrogen (secondary N) is 1. The van der Waals surface area contributed by atoms with Crippen LogP contribution in [0.1, 0.15) is 49.5 Å². The second-order valence-electron chi connectivity index (χ2n) is 7.31. The Morgan fingerprint density at radius 3 is 2.38 bits per heavy atom. The molecule has 0 saturated carbocycles. The van der Waals surface area contributed by atoms with Gasteiger partial charge >= 0.3 is 0 Å². The van der Waals surface area contributed by atoms with Crippen LogP contribution < -0.4 is 10.2 Å². The molecule has 0 aliphatic rings. The van der Waals surface area contributed by atoms with E-state index in [2.05, 4.69) is 12.2 Å². The maximum atomic E-state index is 13.3. The summed E-state index contributed by atoms with van der Waals surface area (Å²) < 4.78 is 0. The lowest BCUT2D eigenvalue weighted by atomic mass is 10.1. The molecule has 0 bridgehead atoms. The quantitative estimate of drug-likeness (QED) is 0.645. The van der Waals surface area contributed by atoms with Crippen molar-refractivity contribution in [1.82, 2.24) is 4.90 Å². The lowest BCUT2D eigenvalue weighted by Gasteiger charge is -2.31. The zero-order valence-electron chi connectivity index (χ0n) is 17.8. The fraction of sp³-hybridized carbons (Fsp3) is 0.391. The van der Waals surface area contributed by atoms with E-state index in [1.54, 1.807) is 12.1 Å². The number of nitrogens with zero attached hydrogens (tertiary/aromatic N) is 2. The lowest BCUT2D eigenvalue weighted by molar-refractivity contribution is -0.115. The first-order valence-corrected chi connectivity index (χ1v) is 10.3. The molecular weight excluding hydrogens is 386 g/mol. The van der Waals surface area contributed by atoms with Crippen LogP contribution in [0.3, 0.4) is 0 Å². The fourth-order valence-corrected chi connectivity index (χ4v) is 3.31. The first kappa shape index (κ1) is 22.8. The highest BCUT2D eigenvalue weighted by atomic mass is 35.5. The summed E-state index contributed by atoms with van der Waals surface area (Å²) >= 11 is 6.29. The van der Waals surface area contributed by atoms with Gasteiger partial charge in [-0.2, -0.15) is 0 Å². The predicted octanol–water partition coefficient (Wildman–Crippen LogP) is 5.20. The van der Waals surface area contributed by atoms with Gasteiger partial charge in [-0.25, -0.2) is 0 Å². The van der Waals surface area contributed by atoms with Crippen LogP contribution in [0, 0.1) is 0 Å². The number of halogens is 1. The van der Waals surface area contributed by atoms with E-state index in [9.17, 15) is 9.59 Å². The zero-order chi connectivity index (χ0) is 21.6. The minimum atomic E-state index is -0.0994. The number of benzene rings is 2. The van der Waals surface area contributed by atoms with Gasteiger partial charge in [0.05, 0.1) is 10.6 Å². The molecule has 0 fully saturated rings. The van der Waals surface area contributed by atoms with Crippen molar-refractivity contribution in [3.05, 3.63) is 58.6 Å². The van der Waals surface area contributed by atoms with Gasteiger partial charge in [-0.3, -0.25) is 9.59 Å². The number of amides is 2. The van der Waals surface area contributed by atoms with Crippen LogP contribution in [-0.4, -0.2) is 36.9 Å². The van der Waals surface area contributed by atoms with Gasteiger partial charge in [0, 0.05) is 44.5 Å². The molecule has 0 aliphatic carbocycles. The summed E-state index contributed by atoms with van der Waals surface area (Å²) in [5, 5.41) is 3.35. The molecule has 0 saturated heterocycles. The van der Waals surface area contributed by atoms with Crippen molar-refractivity contribution in [1.29, 1.82) is 0 Å². The van der Waals surface area contributed by atoms with Gasteiger partial charge in [0.1, 0.15) is 0 Å². The van der Waals surface area contributed by atoms with E-state index < -0.39 is 0 Å². The molecule has 1 atom stereocenters. The third kappa shape index (κ3) is 5.73. The van der Waals surface area contributed by atoms with E-state index in [0.717, 1.165) is 23.4 Å². The SMILES string of the molecule is CCC(=O)Nc1ccc(N(C)C)c(CN(C(=O)c2ccccc2Cl)[C@H](C)CC)c1. The third-order valence-corrected chi connectivity index (χ3v) is 5.32. The van der Waals surface area contributed by atoms with Crippen molar-refractivity contribution in [3.8, 4) is 0 Å². The molecule has 0 unspecified atom stereocenters. The van der Waals surface area contributed by atoms with Gasteiger partial charge in [-0.1, -0.05) is 37.6 Å². The Kier molecular flexibility index (Phi) is 8.09. The highest BCUT2D eigenvalue weighted by Gasteiger charge is 2.24. The minimum Gasteiger partial charge on any atom is -0.377 e. The predicted molar refractivity (Wildman–Crippen MR) is 121 cm³/mol. The van der Waals surface area contributed by atoms with Crippen molar-refractivity contribution in [2.24, 2.45) is 0 Å². The molecule has 6 heteroatoms. The summed E-state index contributed by atoms with van der Waals surface area (Å²) in [6.45, 7) is 6.33. The number of carbonyl (C=O) groups excluding carboxylic acids is 2. The number of hydrogen-bond donors (Lipinski definition) is 1. The highest BCUT2D eigenvalue weighted by molar-refractivity contribution is 6.33. The Morgan fingerprint density at radius 1 is 1.10 bits per heavy atom. The summed E-state index contributed by atoms with van der Waals surface area (Å²) in [4.78, 5) is 29.0. The molecule has 2 amide bonds. The summed E-state index contributed by atoms with van der Waals surface area (Å²) in [6.07, 6.45) is 1.23. The fourth-order valence-electron chi connectivity index (χ4n) is 3.10. The Bertz CT molecular complexity index is 867. The summed E-state index contributed by atoms with van der Waals surface area (Å²) in [7, 11) is 3.93. The molecule has 0 radical (unpaired) electrons. The van der Waals surface area contributed by atoms with E-state index in [-0.39, 0.29) is 17.9 Å². The first-order valence-electron chi connectivity index (χ1n) is 9.94. The van der Waals surface area contributed by atoms with Gasteiger partial charge in [-0.05, 0) is 49.2 Å². The third-order valence-electron chi connectivity index (χ3n) is 4.99. The van der Waals surface area contributed by atoms with Crippen LogP contribution in [0.25, 0.3) is 0 Å². The molecule has 2 aromatic rings. The molecule has 5 nitrogen and oxygen atoms in total. The maximum Gasteiger partial charge on any atom is 0.255 e. The second-order valence-corrected chi connectivity index (χ2v) is 7.72. The van der Waals surface area contributed by atoms with Crippen molar-refractivity contribution in [2.45, 2.75) is 46.2 Å². The van der Waals surface area contributed by atoms with Crippen molar-refractivity contribution < 1.29 is 9.59 Å². The van der Waals surface area contributed by atoms with E-state index in [0.29, 0.717) is 23.6 Å². The molecule has 1 N–H and O–H groups in total. The number of carbonyl (C=O) groups is 2. The largest absolute Gasteiger partial charge is 0.377 e. The first-order chi connectivity index (χ1) is 13.8. The Labute approximate surface area is 178 Å². The summed E-state index contributed by atoms with van der Waals surface area (Å²) in [5.74, 6) is -0.142. The Hall–Kier alpha value is -2.53. The molecule has 0 aromatic heterocycles. The van der Waals surface area contributed by atoms with Gasteiger partial charge in [0.25, 0.3) is 5.91 Å². The van der Waals surface area contributed by atoms with Crippen LogP contribution in [0.4, 0.5) is 11.4 Å². The average Bonchev–Trinajstić information content (AvgIpc) is 2.71. The standard InChI is InChI=1S/C23H30ClN3O2/c1-6-16(3)27(23(29)19-10-8-9-11-20(19)24)15-17-14-18(25-22(28)7-2)12-13-21(17)26(4)5/h8-14,16H,6-7,15H2,1-5H3,(H,25,28)/t16-/m1/s1. The van der Waals surface area contributed by atoms with Gasteiger partial charge in [-0.15, -0.1) is 0 Å². The normalized spacial score (nSPS) is 11.7. The molecule has 2 rings (SSSR count). The van der Waals surface area contributed by atoms with E-state index in [1.807, 2.05) is 68.1 Å². The van der Waals surface area contributed by atoms with Crippen molar-refractivity contribution >= 4 is 34.8 Å². The molecule has 156 valence electrons. The average molecular weight is 416 g/mol. The van der Waals surface area contributed by atoms with E-state index >= 15 is 0 Å². The van der Waals surface area contributed by atoms with Gasteiger partial charge < -0.3 is 15.1 Å². The van der Waals surface area contributed by atoms with Crippen LogP contribution in [0.15, 0.2) is 42.5 Å². The molecule has 0 spiro atoms. The van der Waals surface area contributed by atoms with E-state index in [4.69, 9.17) is 11.6 Å². The minimum absolute atomic E-state index is 0.0303. The molecule has 0 aliphatic heterocycles. The zero-order valence-corrected chi connectivity index (χ0v) is 18.6. The Morgan fingerprint density at radius 2 is 1.79 bits per heavy atom. The number of hydrogen-bond acceptors (Lipinski definition) is 3. The number of rotatable bonds is 8. The van der Waals surface area contributed by atoms with Crippen molar-refractivity contribution in [3.63, 3.8) is 0 Å². The second kappa shape index (κ2) is 10.3. The maximum absolute atomic E-state index is 13.3. The smallest absolute Gasteiger partial charge is 0.255 e. The molecule has 2 aromatic carbocycles. The lowest BCUT2D eigenvalue weighted by Crippen LogP contribution is -2.38. The van der Waals surface area contributed by atoms with Gasteiger partial charge in [0.2, 0.25) is 5.91 Å². The van der Waals surface area contributed by atoms with Crippen LogP contribution in [0.5, 0.6) is 0 Å². The van der Waals surface area contributed by atoms with Crippen LogP contribution in [-0.2, 0) is 11.3 Å². The molecule has 29 heavy (non-hydrogen) atoms. The van der Waals surface area contributed by atoms with Gasteiger partial charge in [0.15, 0.2) is 0 Å². The molecular formula is C23H30ClN3O2. The molecule has 0 heterocycles. The number of anilines is 2. The van der Waals surface area contributed by atoms with E-state index in [1.165, 1.54) is 0 Å². The van der Waals surface area contributed by atoms with Crippen LogP contribution >= 0.6 is 11.6 Å². The highest BCUT2D eigenvalue weighted by Crippen LogP contribution is 2.27. The van der Waals surface area contributed by atoms with Crippen LogP contribution in [0.2, 0.25) is 5.02 Å². The summed E-state index contributed by atoms with van der Waals surface area (Å²) in [5.41, 5.74) is 3.19. The summed E-state index contributed by atoms with van der Waals surface area (Å²) in [6, 6.07) is 12.9. The monoisotopic (exact) mass is 415 g/mol. The van der Waals surface area contributed by atoms with Crippen molar-refractivity contribution in [2.75, 3.05) is 24.3 Å². The topological polar surface area (TPSA) is 52.7 Å². The Balaban J connectivity index is 2.44.